The molecule has 0 spiro atoms. The first-order valence-electron chi connectivity index (χ1n) is 13.0. The van der Waals surface area contributed by atoms with Crippen LogP contribution < -0.4 is 5.32 Å². The van der Waals surface area contributed by atoms with Crippen molar-refractivity contribution in [1.29, 1.82) is 0 Å². The smallest absolute Gasteiger partial charge is 0.475 e. The number of alkyl halides is 6. The minimum Gasteiger partial charge on any atom is -0.475 e. The van der Waals surface area contributed by atoms with Crippen LogP contribution in [0.15, 0.2) is 85.3 Å². The van der Waals surface area contributed by atoms with Gasteiger partial charge in [-0.2, -0.15) is 26.3 Å². The average Bonchev–Trinajstić information content (AvgIpc) is 3.65. The monoisotopic (exact) mass is 682 g/mol. The van der Waals surface area contributed by atoms with E-state index in [1.807, 2.05) is 65.2 Å². The van der Waals surface area contributed by atoms with Crippen LogP contribution in [-0.2, 0) is 22.7 Å². The fourth-order valence-corrected chi connectivity index (χ4v) is 4.39. The minimum atomic E-state index is -5.08. The van der Waals surface area contributed by atoms with Crippen molar-refractivity contribution in [3.8, 4) is 10.7 Å². The topological polar surface area (TPSA) is 150 Å². The Balaban J connectivity index is 0.000000360. The van der Waals surface area contributed by atoms with E-state index in [-0.39, 0.29) is 5.91 Å². The number of nitrogens with zero attached hydrogens (tertiary/aromatic N) is 5. The molecule has 0 aliphatic carbocycles. The highest BCUT2D eigenvalue weighted by molar-refractivity contribution is 7.18. The van der Waals surface area contributed by atoms with Crippen LogP contribution in [0, 0.1) is 0 Å². The van der Waals surface area contributed by atoms with Crippen molar-refractivity contribution in [3.63, 3.8) is 0 Å². The maximum Gasteiger partial charge on any atom is 0.490 e. The van der Waals surface area contributed by atoms with E-state index in [0.29, 0.717) is 24.6 Å². The minimum absolute atomic E-state index is 0.150. The van der Waals surface area contributed by atoms with Crippen LogP contribution in [0.5, 0.6) is 0 Å². The molecule has 0 radical (unpaired) electrons. The number of amides is 1. The summed E-state index contributed by atoms with van der Waals surface area (Å²) in [5.74, 6) is -4.96. The molecule has 0 saturated heterocycles. The Morgan fingerprint density at radius 2 is 1.47 bits per heavy atom. The number of carbonyl (C=O) groups is 3. The number of aliphatic carboxylic acids is 2. The van der Waals surface area contributed by atoms with Gasteiger partial charge in [0.25, 0.3) is 5.91 Å². The molecule has 18 heteroatoms. The van der Waals surface area contributed by atoms with E-state index >= 15 is 0 Å². The molecular weight excluding hydrogens is 658 g/mol. The van der Waals surface area contributed by atoms with E-state index in [9.17, 15) is 31.1 Å². The molecule has 5 rings (SSSR count). The van der Waals surface area contributed by atoms with Crippen molar-refractivity contribution in [2.24, 2.45) is 0 Å². The quantitative estimate of drug-likeness (QED) is 0.176. The standard InChI is InChI=1S/C25H22N6OS.2C2HF3O2/c1-30(17-19-11-5-7-13-26-19)24(32)22-20-12-6-8-14-31(20)23(29-22)21-16-28-25(33-21)27-15-18-9-3-2-4-10-18;2*3-2(4,5)1(6)7/h2-14,16H,15,17H2,1H3,(H,27,28);2*(H,6,7). The molecule has 47 heavy (non-hydrogen) atoms. The molecule has 1 amide bonds. The third kappa shape index (κ3) is 10.5. The number of benzene rings is 1. The van der Waals surface area contributed by atoms with Gasteiger partial charge in [-0.05, 0) is 29.8 Å². The number of anilines is 1. The van der Waals surface area contributed by atoms with Crippen LogP contribution in [0.1, 0.15) is 21.7 Å². The van der Waals surface area contributed by atoms with E-state index in [1.54, 1.807) is 24.3 Å². The van der Waals surface area contributed by atoms with Crippen molar-refractivity contribution in [3.05, 3.63) is 102 Å². The van der Waals surface area contributed by atoms with Crippen LogP contribution in [-0.4, -0.2) is 71.7 Å². The number of hydrogen-bond donors (Lipinski definition) is 3. The molecule has 0 fully saturated rings. The van der Waals surface area contributed by atoms with Crippen LogP contribution in [0.3, 0.4) is 0 Å². The summed E-state index contributed by atoms with van der Waals surface area (Å²) in [4.78, 5) is 47.2. The fourth-order valence-electron chi connectivity index (χ4n) is 3.59. The molecule has 0 unspecified atom stereocenters. The predicted octanol–water partition coefficient (Wildman–Crippen LogP) is 6.00. The van der Waals surface area contributed by atoms with Gasteiger partial charge in [0.1, 0.15) is 0 Å². The molecule has 11 nitrogen and oxygen atoms in total. The zero-order valence-electron chi connectivity index (χ0n) is 24.0. The van der Waals surface area contributed by atoms with E-state index < -0.39 is 24.3 Å². The second kappa shape index (κ2) is 15.7. The summed E-state index contributed by atoms with van der Waals surface area (Å²) in [5, 5.41) is 18.4. The number of hydrogen-bond acceptors (Lipinski definition) is 8. The highest BCUT2D eigenvalue weighted by atomic mass is 32.1. The van der Waals surface area contributed by atoms with Gasteiger partial charge in [0.05, 0.1) is 28.8 Å². The van der Waals surface area contributed by atoms with Gasteiger partial charge < -0.3 is 20.4 Å². The lowest BCUT2D eigenvalue weighted by Gasteiger charge is -2.15. The molecule has 1 aromatic carbocycles. The third-order valence-electron chi connectivity index (χ3n) is 5.72. The molecule has 3 N–H and O–H groups in total. The van der Waals surface area contributed by atoms with Crippen molar-refractivity contribution >= 4 is 39.8 Å². The summed E-state index contributed by atoms with van der Waals surface area (Å²) in [6.45, 7) is 1.10. The number of thiazole rings is 1. The number of carbonyl (C=O) groups excluding carboxylic acids is 1. The molecule has 0 saturated carbocycles. The number of carboxylic acid groups (broad SMARTS) is 2. The average molecular weight is 683 g/mol. The highest BCUT2D eigenvalue weighted by Gasteiger charge is 2.38. The normalized spacial score (nSPS) is 11.0. The van der Waals surface area contributed by atoms with Crippen LogP contribution >= 0.6 is 11.3 Å². The largest absolute Gasteiger partial charge is 0.490 e. The van der Waals surface area contributed by atoms with E-state index in [1.165, 1.54) is 16.9 Å². The Morgan fingerprint density at radius 3 is 2.04 bits per heavy atom. The molecule has 4 heterocycles. The second-order valence-corrected chi connectivity index (χ2v) is 10.2. The summed E-state index contributed by atoms with van der Waals surface area (Å²) < 4.78 is 65.4. The highest BCUT2D eigenvalue weighted by Crippen LogP contribution is 2.30. The number of imidazole rings is 1. The SMILES string of the molecule is CN(Cc1ccccn1)C(=O)c1nc(-c2cnc(NCc3ccccc3)s2)n2ccccc12.O=C(O)C(F)(F)F.O=C(O)C(F)(F)F. The van der Waals surface area contributed by atoms with Gasteiger partial charge >= 0.3 is 24.3 Å². The van der Waals surface area contributed by atoms with Crippen molar-refractivity contribution in [1.82, 2.24) is 24.3 Å². The Labute approximate surface area is 265 Å². The first-order chi connectivity index (χ1) is 22.1. The predicted molar refractivity (Wildman–Crippen MR) is 157 cm³/mol. The number of nitrogens with one attached hydrogen (secondary N) is 1. The summed E-state index contributed by atoms with van der Waals surface area (Å²) in [5.41, 5.74) is 3.19. The Hall–Kier alpha value is -5.52. The fraction of sp³-hybridized carbons (Fsp3) is 0.172. The lowest BCUT2D eigenvalue weighted by atomic mass is 10.2. The molecule has 0 bridgehead atoms. The van der Waals surface area contributed by atoms with Crippen molar-refractivity contribution < 1.29 is 50.9 Å². The maximum atomic E-state index is 13.3. The number of pyridine rings is 2. The Bertz CT molecular complexity index is 1770. The molecule has 0 atom stereocenters. The first kappa shape index (κ1) is 36.0. The molecule has 4 aromatic heterocycles. The van der Waals surface area contributed by atoms with Crippen LogP contribution in [0.4, 0.5) is 31.5 Å². The summed E-state index contributed by atoms with van der Waals surface area (Å²) in [6.07, 6.45) is -4.72. The maximum absolute atomic E-state index is 13.3. The zero-order valence-corrected chi connectivity index (χ0v) is 24.8. The number of rotatable bonds is 7. The van der Waals surface area contributed by atoms with E-state index in [2.05, 4.69) is 27.4 Å². The van der Waals surface area contributed by atoms with Gasteiger partial charge in [0.2, 0.25) is 0 Å². The van der Waals surface area contributed by atoms with Crippen LogP contribution in [0.2, 0.25) is 0 Å². The number of halogens is 6. The first-order valence-corrected chi connectivity index (χ1v) is 13.9. The summed E-state index contributed by atoms with van der Waals surface area (Å²) in [6, 6.07) is 21.6. The molecule has 248 valence electrons. The van der Waals surface area contributed by atoms with Gasteiger partial charge in [0.15, 0.2) is 16.6 Å². The molecule has 0 aliphatic heterocycles. The Morgan fingerprint density at radius 1 is 0.872 bits per heavy atom. The van der Waals surface area contributed by atoms with Gasteiger partial charge in [-0.1, -0.05) is 53.8 Å². The van der Waals surface area contributed by atoms with Gasteiger partial charge in [-0.25, -0.2) is 19.6 Å². The molecule has 5 aromatic rings. The van der Waals surface area contributed by atoms with Gasteiger partial charge in [-0.3, -0.25) is 14.2 Å². The molecular formula is C29H24F6N6O5S. The Kier molecular flexibility index (Phi) is 12.0. The lowest BCUT2D eigenvalue weighted by Crippen LogP contribution is -2.27. The number of fused-ring (bicyclic) bond motifs is 1. The van der Waals surface area contributed by atoms with Crippen molar-refractivity contribution in [2.75, 3.05) is 12.4 Å². The van der Waals surface area contributed by atoms with Gasteiger partial charge in [-0.15, -0.1) is 0 Å². The van der Waals surface area contributed by atoms with Gasteiger partial charge in [0, 0.05) is 26.0 Å². The van der Waals surface area contributed by atoms with Crippen molar-refractivity contribution in [2.45, 2.75) is 25.4 Å². The summed E-state index contributed by atoms with van der Waals surface area (Å²) in [7, 11) is 1.77. The van der Waals surface area contributed by atoms with Crippen LogP contribution in [0.25, 0.3) is 16.2 Å². The third-order valence-corrected chi connectivity index (χ3v) is 6.67. The lowest BCUT2D eigenvalue weighted by molar-refractivity contribution is -0.193. The number of aromatic nitrogens is 4. The number of carboxylic acids is 2. The van der Waals surface area contributed by atoms with E-state index in [4.69, 9.17) is 24.8 Å². The summed E-state index contributed by atoms with van der Waals surface area (Å²) >= 11 is 1.52. The van der Waals surface area contributed by atoms with E-state index in [0.717, 1.165) is 21.2 Å². The molecule has 0 aliphatic rings. The zero-order chi connectivity index (χ0) is 34.8. The second-order valence-electron chi connectivity index (χ2n) is 9.20.